The van der Waals surface area contributed by atoms with Crippen LogP contribution in [0.5, 0.6) is 5.75 Å². The molecular formula is C18H26BrNO. The van der Waals surface area contributed by atoms with Crippen LogP contribution in [0.1, 0.15) is 44.2 Å². The number of halogens is 1. The van der Waals surface area contributed by atoms with Gasteiger partial charge in [-0.1, -0.05) is 36.2 Å². The van der Waals surface area contributed by atoms with Crippen molar-refractivity contribution in [1.82, 2.24) is 5.32 Å². The Balaban J connectivity index is 1.85. The minimum Gasteiger partial charge on any atom is -0.493 e. The second-order valence-electron chi connectivity index (χ2n) is 7.24. The van der Waals surface area contributed by atoms with Gasteiger partial charge in [0.1, 0.15) is 5.75 Å². The maximum Gasteiger partial charge on any atom is 0.125 e. The fourth-order valence-corrected chi connectivity index (χ4v) is 4.83. The molecule has 0 bridgehead atoms. The van der Waals surface area contributed by atoms with Crippen molar-refractivity contribution in [3.8, 4) is 5.75 Å². The quantitative estimate of drug-likeness (QED) is 0.870. The van der Waals surface area contributed by atoms with Gasteiger partial charge in [-0.25, -0.2) is 0 Å². The summed E-state index contributed by atoms with van der Waals surface area (Å²) in [6, 6.07) is 4.99. The molecule has 1 aliphatic carbocycles. The van der Waals surface area contributed by atoms with Gasteiger partial charge in [0.05, 0.1) is 6.61 Å². The van der Waals surface area contributed by atoms with Crippen molar-refractivity contribution in [2.45, 2.75) is 52.0 Å². The molecule has 2 nitrogen and oxygen atoms in total. The summed E-state index contributed by atoms with van der Waals surface area (Å²) in [6.07, 6.45) is 6.16. The van der Waals surface area contributed by atoms with E-state index < -0.39 is 0 Å². The van der Waals surface area contributed by atoms with Crippen LogP contribution in [0, 0.1) is 11.3 Å². The lowest BCUT2D eigenvalue weighted by molar-refractivity contribution is 0.200. The Morgan fingerprint density at radius 1 is 1.43 bits per heavy atom. The van der Waals surface area contributed by atoms with Crippen LogP contribution in [0.4, 0.5) is 0 Å². The van der Waals surface area contributed by atoms with E-state index in [0.29, 0.717) is 11.5 Å². The number of rotatable bonds is 4. The van der Waals surface area contributed by atoms with Crippen LogP contribution in [0.15, 0.2) is 16.6 Å². The lowest BCUT2D eigenvalue weighted by Gasteiger charge is -2.34. The molecule has 3 rings (SSSR count). The minimum atomic E-state index is 0.448. The SMILES string of the molecule is CNC(Cc1cc(Br)cc2c1OCC2)C1CCCC1(C)C. The highest BCUT2D eigenvalue weighted by Gasteiger charge is 2.39. The number of hydrogen-bond acceptors (Lipinski definition) is 2. The van der Waals surface area contributed by atoms with E-state index >= 15 is 0 Å². The zero-order valence-electron chi connectivity index (χ0n) is 13.3. The monoisotopic (exact) mass is 351 g/mol. The van der Waals surface area contributed by atoms with E-state index in [0.717, 1.165) is 31.1 Å². The molecule has 0 radical (unpaired) electrons. The number of hydrogen-bond donors (Lipinski definition) is 1. The summed E-state index contributed by atoms with van der Waals surface area (Å²) in [5, 5.41) is 3.59. The van der Waals surface area contributed by atoms with Crippen molar-refractivity contribution in [2.24, 2.45) is 11.3 Å². The summed E-state index contributed by atoms with van der Waals surface area (Å²) in [6.45, 7) is 5.69. The highest BCUT2D eigenvalue weighted by molar-refractivity contribution is 9.10. The molecule has 3 heteroatoms. The molecule has 2 atom stereocenters. The van der Waals surface area contributed by atoms with E-state index in [1.165, 1.54) is 34.9 Å². The van der Waals surface area contributed by atoms with Gasteiger partial charge in [0, 0.05) is 16.9 Å². The molecule has 21 heavy (non-hydrogen) atoms. The highest BCUT2D eigenvalue weighted by atomic mass is 79.9. The molecule has 0 aromatic heterocycles. The Kier molecular flexibility index (Phi) is 4.33. The first-order chi connectivity index (χ1) is 10.0. The molecule has 1 aromatic carbocycles. The average molecular weight is 352 g/mol. The lowest BCUT2D eigenvalue weighted by atomic mass is 9.76. The van der Waals surface area contributed by atoms with Gasteiger partial charge in [-0.15, -0.1) is 0 Å². The molecule has 1 heterocycles. The highest BCUT2D eigenvalue weighted by Crippen LogP contribution is 2.45. The third-order valence-electron chi connectivity index (χ3n) is 5.46. The molecule has 0 amide bonds. The molecule has 2 unspecified atom stereocenters. The number of benzene rings is 1. The molecule has 116 valence electrons. The van der Waals surface area contributed by atoms with Crippen LogP contribution in [0.2, 0.25) is 0 Å². The normalized spacial score (nSPS) is 24.7. The Morgan fingerprint density at radius 2 is 2.24 bits per heavy atom. The first-order valence-electron chi connectivity index (χ1n) is 8.12. The third kappa shape index (κ3) is 3.00. The summed E-state index contributed by atoms with van der Waals surface area (Å²) in [7, 11) is 2.11. The number of fused-ring (bicyclic) bond motifs is 1. The van der Waals surface area contributed by atoms with Crippen molar-refractivity contribution in [3.63, 3.8) is 0 Å². The molecule has 1 N–H and O–H groups in total. The van der Waals surface area contributed by atoms with Crippen molar-refractivity contribution >= 4 is 15.9 Å². The van der Waals surface area contributed by atoms with Gasteiger partial charge in [0.25, 0.3) is 0 Å². The Morgan fingerprint density at radius 3 is 2.90 bits per heavy atom. The number of ether oxygens (including phenoxy) is 1. The van der Waals surface area contributed by atoms with Gasteiger partial charge >= 0.3 is 0 Å². The zero-order chi connectivity index (χ0) is 15.0. The van der Waals surface area contributed by atoms with Crippen LogP contribution in [0.25, 0.3) is 0 Å². The maximum absolute atomic E-state index is 5.90. The van der Waals surface area contributed by atoms with Gasteiger partial charge < -0.3 is 10.1 Å². The Labute approximate surface area is 136 Å². The fraction of sp³-hybridized carbons (Fsp3) is 0.667. The van der Waals surface area contributed by atoms with E-state index in [-0.39, 0.29) is 0 Å². The summed E-state index contributed by atoms with van der Waals surface area (Å²) < 4.78 is 7.08. The molecule has 1 aromatic rings. The molecular weight excluding hydrogens is 326 g/mol. The predicted molar refractivity (Wildman–Crippen MR) is 91.0 cm³/mol. The zero-order valence-corrected chi connectivity index (χ0v) is 14.9. The summed E-state index contributed by atoms with van der Waals surface area (Å²) >= 11 is 3.66. The topological polar surface area (TPSA) is 21.3 Å². The maximum atomic E-state index is 5.90. The molecule has 0 spiro atoms. The van der Waals surface area contributed by atoms with E-state index in [9.17, 15) is 0 Å². The van der Waals surface area contributed by atoms with Crippen molar-refractivity contribution in [2.75, 3.05) is 13.7 Å². The van der Waals surface area contributed by atoms with Crippen LogP contribution in [0.3, 0.4) is 0 Å². The van der Waals surface area contributed by atoms with Gasteiger partial charge in [-0.3, -0.25) is 0 Å². The molecule has 2 aliphatic rings. The molecule has 1 saturated carbocycles. The van der Waals surface area contributed by atoms with Gasteiger partial charge in [-0.05, 0) is 60.9 Å². The first-order valence-corrected chi connectivity index (χ1v) is 8.92. The van der Waals surface area contributed by atoms with Crippen molar-refractivity contribution < 1.29 is 4.74 Å². The first kappa shape index (κ1) is 15.4. The summed E-state index contributed by atoms with van der Waals surface area (Å²) in [4.78, 5) is 0. The Hall–Kier alpha value is -0.540. The number of nitrogens with one attached hydrogen (secondary N) is 1. The van der Waals surface area contributed by atoms with Gasteiger partial charge in [0.2, 0.25) is 0 Å². The summed E-state index contributed by atoms with van der Waals surface area (Å²) in [5.74, 6) is 1.90. The second-order valence-corrected chi connectivity index (χ2v) is 8.15. The molecule has 1 aliphatic heterocycles. The van der Waals surface area contributed by atoms with E-state index in [1.807, 2.05) is 0 Å². The standard InChI is InChI=1S/C18H26BrNO/c1-18(2)7-4-5-15(18)16(20-3)11-13-10-14(19)9-12-6-8-21-17(12)13/h9-10,15-16,20H,4-8,11H2,1-3H3. The van der Waals surface area contributed by atoms with Crippen molar-refractivity contribution in [1.29, 1.82) is 0 Å². The van der Waals surface area contributed by atoms with E-state index in [2.05, 4.69) is 54.3 Å². The van der Waals surface area contributed by atoms with Crippen LogP contribution >= 0.6 is 15.9 Å². The second kappa shape index (κ2) is 5.92. The largest absolute Gasteiger partial charge is 0.493 e. The third-order valence-corrected chi connectivity index (χ3v) is 5.92. The molecule has 1 fully saturated rings. The van der Waals surface area contributed by atoms with Gasteiger partial charge in [0.15, 0.2) is 0 Å². The fourth-order valence-electron chi connectivity index (χ4n) is 4.28. The van der Waals surface area contributed by atoms with E-state index in [1.54, 1.807) is 0 Å². The predicted octanol–water partition coefficient (Wildman–Crippen LogP) is 4.34. The Bertz CT molecular complexity index is 526. The summed E-state index contributed by atoms with van der Waals surface area (Å²) in [5.41, 5.74) is 3.17. The van der Waals surface area contributed by atoms with E-state index in [4.69, 9.17) is 4.74 Å². The van der Waals surface area contributed by atoms with Crippen LogP contribution in [-0.2, 0) is 12.8 Å². The average Bonchev–Trinajstić information content (AvgIpc) is 3.01. The van der Waals surface area contributed by atoms with Crippen LogP contribution in [-0.4, -0.2) is 19.7 Å². The van der Waals surface area contributed by atoms with Crippen LogP contribution < -0.4 is 10.1 Å². The van der Waals surface area contributed by atoms with Crippen molar-refractivity contribution in [3.05, 3.63) is 27.7 Å². The lowest BCUT2D eigenvalue weighted by Crippen LogP contribution is -2.40. The van der Waals surface area contributed by atoms with Gasteiger partial charge in [-0.2, -0.15) is 0 Å². The molecule has 0 saturated heterocycles. The number of likely N-dealkylation sites (N-methyl/N-ethyl adjacent to an activating group) is 1. The smallest absolute Gasteiger partial charge is 0.125 e. The minimum absolute atomic E-state index is 0.448.